The number of carboxylic acids is 1. The third-order valence-electron chi connectivity index (χ3n) is 4.99. The van der Waals surface area contributed by atoms with Crippen molar-refractivity contribution in [3.8, 4) is 21.9 Å². The zero-order valence-electron chi connectivity index (χ0n) is 15.8. The Hall–Kier alpha value is -2.77. The van der Waals surface area contributed by atoms with Crippen molar-refractivity contribution in [1.82, 2.24) is 4.98 Å². The number of rotatable bonds is 7. The Balaban J connectivity index is 1.43. The number of hydrogen-bond acceptors (Lipinski definition) is 5. The van der Waals surface area contributed by atoms with Gasteiger partial charge in [0.05, 0.1) is 17.3 Å². The topological polar surface area (TPSA) is 68.7 Å². The number of aryl methyl sites for hydroxylation is 1. The zero-order chi connectivity index (χ0) is 20.4. The van der Waals surface area contributed by atoms with Gasteiger partial charge in [0.1, 0.15) is 18.2 Å². The lowest BCUT2D eigenvalue weighted by Gasteiger charge is -2.35. The van der Waals surface area contributed by atoms with E-state index >= 15 is 0 Å². The minimum absolute atomic E-state index is 0.00238. The largest absolute Gasteiger partial charge is 0.480 e. The van der Waals surface area contributed by atoms with E-state index in [2.05, 4.69) is 4.98 Å². The molecule has 1 saturated carbocycles. The number of aromatic nitrogens is 1. The molecule has 5 nitrogen and oxygen atoms in total. The minimum Gasteiger partial charge on any atom is -0.480 e. The van der Waals surface area contributed by atoms with Gasteiger partial charge in [-0.1, -0.05) is 35.6 Å². The molecule has 3 aromatic rings. The van der Waals surface area contributed by atoms with Gasteiger partial charge in [-0.3, -0.25) is 0 Å². The molecule has 0 unspecified atom stereocenters. The smallest absolute Gasteiger partial charge is 0.329 e. The molecule has 0 spiro atoms. The molecule has 2 aromatic carbocycles. The highest BCUT2D eigenvalue weighted by atomic mass is 32.1. The fraction of sp³-hybridized carbons (Fsp3) is 0.273. The maximum Gasteiger partial charge on any atom is 0.329 e. The predicted octanol–water partition coefficient (Wildman–Crippen LogP) is 5.40. The molecular weight excluding hydrogens is 393 g/mol. The Morgan fingerprint density at radius 1 is 1.24 bits per heavy atom. The van der Waals surface area contributed by atoms with Crippen LogP contribution in [0.3, 0.4) is 0 Å². The van der Waals surface area contributed by atoms with Crippen molar-refractivity contribution in [2.45, 2.75) is 31.8 Å². The first-order valence-electron chi connectivity index (χ1n) is 9.31. The maximum atomic E-state index is 14.4. The molecule has 0 bridgehead atoms. The van der Waals surface area contributed by atoms with Gasteiger partial charge < -0.3 is 14.6 Å². The fourth-order valence-electron chi connectivity index (χ4n) is 3.39. The van der Waals surface area contributed by atoms with Crippen LogP contribution in [-0.4, -0.2) is 28.8 Å². The Kier molecular flexibility index (Phi) is 5.60. The molecule has 1 aromatic heterocycles. The van der Waals surface area contributed by atoms with Gasteiger partial charge in [0, 0.05) is 5.56 Å². The molecule has 0 saturated heterocycles. The van der Waals surface area contributed by atoms with Crippen molar-refractivity contribution in [3.63, 3.8) is 0 Å². The molecule has 150 valence electrons. The van der Waals surface area contributed by atoms with Crippen molar-refractivity contribution < 1.29 is 23.8 Å². The van der Waals surface area contributed by atoms with E-state index in [-0.39, 0.29) is 18.5 Å². The number of halogens is 1. The van der Waals surface area contributed by atoms with Gasteiger partial charge in [0.2, 0.25) is 5.06 Å². The van der Waals surface area contributed by atoms with E-state index in [1.807, 2.05) is 31.2 Å². The van der Waals surface area contributed by atoms with E-state index in [4.69, 9.17) is 14.6 Å². The van der Waals surface area contributed by atoms with Crippen LogP contribution in [0.1, 0.15) is 29.3 Å². The summed E-state index contributed by atoms with van der Waals surface area (Å²) in [5.41, 5.74) is 2.40. The summed E-state index contributed by atoms with van der Waals surface area (Å²) in [5, 5.41) is 10.2. The Bertz CT molecular complexity index is 1010. The normalized spacial score (nSPS) is 18.3. The molecule has 1 heterocycles. The van der Waals surface area contributed by atoms with E-state index in [0.29, 0.717) is 22.3 Å². The number of aliphatic carboxylic acids is 1. The molecule has 0 radical (unpaired) electrons. The van der Waals surface area contributed by atoms with Crippen LogP contribution in [0.2, 0.25) is 0 Å². The number of ether oxygens (including phenoxy) is 2. The van der Waals surface area contributed by atoms with Gasteiger partial charge in [0.15, 0.2) is 0 Å². The van der Waals surface area contributed by atoms with Crippen LogP contribution >= 0.6 is 11.3 Å². The standard InChI is InChI=1S/C22H20FNO4S/c1-13-24-11-22(29-13)28-17-6-7-20(23)19(10-17)15-4-2-14(3-5-15)16-8-18(9-16)27-12-21(25)26/h2-7,10-11,16,18H,8-9,12H2,1H3,(H,25,26)/t16-,18+. The summed E-state index contributed by atoms with van der Waals surface area (Å²) in [4.78, 5) is 14.7. The molecule has 29 heavy (non-hydrogen) atoms. The van der Waals surface area contributed by atoms with Crippen LogP contribution in [0.15, 0.2) is 48.7 Å². The van der Waals surface area contributed by atoms with Crippen molar-refractivity contribution >= 4 is 17.3 Å². The minimum atomic E-state index is -0.948. The van der Waals surface area contributed by atoms with Gasteiger partial charge in [-0.15, -0.1) is 0 Å². The van der Waals surface area contributed by atoms with E-state index in [9.17, 15) is 9.18 Å². The number of carbonyl (C=O) groups is 1. The van der Waals surface area contributed by atoms with Gasteiger partial charge in [-0.05, 0) is 55.0 Å². The second-order valence-corrected chi connectivity index (χ2v) is 8.26. The second-order valence-electron chi connectivity index (χ2n) is 7.06. The Morgan fingerprint density at radius 2 is 2.00 bits per heavy atom. The highest BCUT2D eigenvalue weighted by molar-refractivity contribution is 7.13. The second kappa shape index (κ2) is 8.31. The van der Waals surface area contributed by atoms with E-state index in [0.717, 1.165) is 29.0 Å². The van der Waals surface area contributed by atoms with Crippen molar-refractivity contribution in [3.05, 3.63) is 65.0 Å². The average Bonchev–Trinajstić information content (AvgIpc) is 3.07. The van der Waals surface area contributed by atoms with Crippen molar-refractivity contribution in [2.75, 3.05) is 6.61 Å². The van der Waals surface area contributed by atoms with Crippen molar-refractivity contribution in [1.29, 1.82) is 0 Å². The molecule has 4 rings (SSSR count). The zero-order valence-corrected chi connectivity index (χ0v) is 16.6. The molecular formula is C22H20FNO4S. The first kappa shape index (κ1) is 19.5. The molecule has 1 fully saturated rings. The molecule has 0 aliphatic heterocycles. The first-order chi connectivity index (χ1) is 14.0. The molecule has 0 amide bonds. The quantitative estimate of drug-likeness (QED) is 0.562. The van der Waals surface area contributed by atoms with Crippen LogP contribution in [0.4, 0.5) is 4.39 Å². The number of carboxylic acid groups (broad SMARTS) is 1. The third-order valence-corrected chi connectivity index (χ3v) is 5.78. The summed E-state index contributed by atoms with van der Waals surface area (Å²) >= 11 is 1.44. The lowest BCUT2D eigenvalue weighted by atomic mass is 9.77. The monoisotopic (exact) mass is 413 g/mol. The molecule has 1 aliphatic carbocycles. The summed E-state index contributed by atoms with van der Waals surface area (Å²) in [7, 11) is 0. The first-order valence-corrected chi connectivity index (χ1v) is 10.1. The summed E-state index contributed by atoms with van der Waals surface area (Å²) in [5.74, 6) is -0.351. The molecule has 1 aliphatic rings. The lowest BCUT2D eigenvalue weighted by molar-refractivity contribution is -0.146. The van der Waals surface area contributed by atoms with Gasteiger partial charge in [-0.25, -0.2) is 14.2 Å². The lowest BCUT2D eigenvalue weighted by Crippen LogP contribution is -2.31. The van der Waals surface area contributed by atoms with Gasteiger partial charge in [0.25, 0.3) is 0 Å². The Labute approximate surface area is 171 Å². The summed E-state index contributed by atoms with van der Waals surface area (Å²) in [6.45, 7) is 1.65. The van der Waals surface area contributed by atoms with Gasteiger partial charge >= 0.3 is 5.97 Å². The number of benzene rings is 2. The summed E-state index contributed by atoms with van der Waals surface area (Å²) in [6, 6.07) is 12.5. The summed E-state index contributed by atoms with van der Waals surface area (Å²) < 4.78 is 25.5. The molecule has 7 heteroatoms. The van der Waals surface area contributed by atoms with Crippen LogP contribution < -0.4 is 4.74 Å². The highest BCUT2D eigenvalue weighted by Gasteiger charge is 2.31. The number of nitrogens with zero attached hydrogens (tertiary/aromatic N) is 1. The number of thiazole rings is 1. The maximum absolute atomic E-state index is 14.4. The van der Waals surface area contributed by atoms with Crippen LogP contribution in [-0.2, 0) is 9.53 Å². The molecule has 0 atom stereocenters. The highest BCUT2D eigenvalue weighted by Crippen LogP contribution is 2.39. The van der Waals surface area contributed by atoms with Crippen LogP contribution in [0.25, 0.3) is 11.1 Å². The van der Waals surface area contributed by atoms with Gasteiger partial charge in [-0.2, -0.15) is 0 Å². The summed E-state index contributed by atoms with van der Waals surface area (Å²) in [6.07, 6.45) is 3.26. The number of hydrogen-bond donors (Lipinski definition) is 1. The van der Waals surface area contributed by atoms with E-state index < -0.39 is 5.97 Å². The van der Waals surface area contributed by atoms with E-state index in [1.54, 1.807) is 18.3 Å². The fourth-order valence-corrected chi connectivity index (χ4v) is 4.03. The van der Waals surface area contributed by atoms with Crippen LogP contribution in [0, 0.1) is 12.7 Å². The van der Waals surface area contributed by atoms with E-state index in [1.165, 1.54) is 17.4 Å². The average molecular weight is 413 g/mol. The SMILES string of the molecule is Cc1ncc(Oc2ccc(F)c(-c3ccc([C@H]4C[C@@H](OCC(=O)O)C4)cc3)c2)s1. The van der Waals surface area contributed by atoms with Crippen LogP contribution in [0.5, 0.6) is 10.8 Å². The third kappa shape index (κ3) is 4.63. The van der Waals surface area contributed by atoms with Crippen molar-refractivity contribution in [2.24, 2.45) is 0 Å². The predicted molar refractivity (Wildman–Crippen MR) is 108 cm³/mol. The Morgan fingerprint density at radius 3 is 2.66 bits per heavy atom. The molecule has 1 N–H and O–H groups in total.